The topological polar surface area (TPSA) is 52.8 Å². The number of hydrogen-bond acceptors (Lipinski definition) is 4. The summed E-state index contributed by atoms with van der Waals surface area (Å²) in [6, 6.07) is 14.7. The Morgan fingerprint density at radius 1 is 0.962 bits per heavy atom. The van der Waals surface area contributed by atoms with Gasteiger partial charge in [-0.3, -0.25) is 4.98 Å². The standard InChI is InChI=1S/C21H22N4O/c1-2-5-15(6-3-1)18-13-19(18)21-23-20(16-8-11-26-12-9-16)24-25(21)17-7-4-10-22-14-17/h1-7,10,14,16,18-19H,8-9,11-13H2/t18-,19+/m1/s1. The second-order valence-electron chi connectivity index (χ2n) is 7.20. The lowest BCUT2D eigenvalue weighted by Gasteiger charge is -2.18. The van der Waals surface area contributed by atoms with Crippen molar-refractivity contribution >= 4 is 0 Å². The lowest BCUT2D eigenvalue weighted by atomic mass is 10.00. The number of benzene rings is 1. The van der Waals surface area contributed by atoms with Gasteiger partial charge in [-0.25, -0.2) is 9.67 Å². The fourth-order valence-electron chi connectivity index (χ4n) is 3.93. The lowest BCUT2D eigenvalue weighted by Crippen LogP contribution is -2.15. The van der Waals surface area contributed by atoms with Crippen LogP contribution in [0.25, 0.3) is 5.69 Å². The molecule has 0 radical (unpaired) electrons. The maximum absolute atomic E-state index is 5.51. The molecule has 5 rings (SSSR count). The third-order valence-corrected chi connectivity index (χ3v) is 5.48. The summed E-state index contributed by atoms with van der Waals surface area (Å²) in [5, 5.41) is 4.90. The van der Waals surface area contributed by atoms with Crippen LogP contribution < -0.4 is 0 Å². The molecule has 3 heterocycles. The van der Waals surface area contributed by atoms with E-state index in [1.807, 2.05) is 16.9 Å². The first-order chi connectivity index (χ1) is 12.9. The Labute approximate surface area is 153 Å². The van der Waals surface area contributed by atoms with Crippen LogP contribution in [-0.4, -0.2) is 33.0 Å². The molecular weight excluding hydrogens is 324 g/mol. The molecule has 1 saturated carbocycles. The van der Waals surface area contributed by atoms with Gasteiger partial charge < -0.3 is 4.74 Å². The lowest BCUT2D eigenvalue weighted by molar-refractivity contribution is 0.0836. The largest absolute Gasteiger partial charge is 0.381 e. The van der Waals surface area contributed by atoms with Crippen LogP contribution in [0.4, 0.5) is 0 Å². The van der Waals surface area contributed by atoms with Gasteiger partial charge in [-0.15, -0.1) is 0 Å². The Hall–Kier alpha value is -2.53. The van der Waals surface area contributed by atoms with E-state index < -0.39 is 0 Å². The molecule has 2 atom stereocenters. The molecule has 0 unspecified atom stereocenters. The average Bonchev–Trinajstić information content (AvgIpc) is 3.40. The van der Waals surface area contributed by atoms with Gasteiger partial charge in [0, 0.05) is 31.2 Å². The number of aromatic nitrogens is 4. The van der Waals surface area contributed by atoms with Crippen LogP contribution in [0.2, 0.25) is 0 Å². The average molecular weight is 346 g/mol. The van der Waals surface area contributed by atoms with E-state index in [2.05, 4.69) is 41.4 Å². The SMILES string of the molecule is c1ccc([C@H]2C[C@@H]2c2nc(C3CCOCC3)nn2-c2cccnc2)cc1. The van der Waals surface area contributed by atoms with Crippen molar-refractivity contribution in [2.75, 3.05) is 13.2 Å². The Morgan fingerprint density at radius 2 is 1.81 bits per heavy atom. The molecule has 2 fully saturated rings. The minimum absolute atomic E-state index is 0.398. The van der Waals surface area contributed by atoms with E-state index in [0.717, 1.165) is 49.8 Å². The highest BCUT2D eigenvalue weighted by molar-refractivity contribution is 5.36. The smallest absolute Gasteiger partial charge is 0.154 e. The van der Waals surface area contributed by atoms with Gasteiger partial charge in [0.25, 0.3) is 0 Å². The van der Waals surface area contributed by atoms with Crippen LogP contribution in [-0.2, 0) is 4.74 Å². The molecule has 2 aromatic heterocycles. The van der Waals surface area contributed by atoms with E-state index in [9.17, 15) is 0 Å². The summed E-state index contributed by atoms with van der Waals surface area (Å²) in [6.07, 6.45) is 6.80. The highest BCUT2D eigenvalue weighted by Gasteiger charge is 2.43. The second kappa shape index (κ2) is 6.65. The quantitative estimate of drug-likeness (QED) is 0.720. The van der Waals surface area contributed by atoms with Gasteiger partial charge in [0.05, 0.1) is 11.9 Å². The molecule has 0 spiro atoms. The van der Waals surface area contributed by atoms with Crippen LogP contribution in [0.5, 0.6) is 0 Å². The van der Waals surface area contributed by atoms with Crippen molar-refractivity contribution in [2.45, 2.75) is 37.0 Å². The summed E-state index contributed by atoms with van der Waals surface area (Å²) in [6.45, 7) is 1.61. The number of hydrogen-bond donors (Lipinski definition) is 0. The zero-order valence-electron chi connectivity index (χ0n) is 14.7. The molecule has 0 amide bonds. The van der Waals surface area contributed by atoms with Gasteiger partial charge in [-0.2, -0.15) is 5.10 Å². The Balaban J connectivity index is 1.50. The predicted molar refractivity (Wildman–Crippen MR) is 98.5 cm³/mol. The monoisotopic (exact) mass is 346 g/mol. The summed E-state index contributed by atoms with van der Waals surface area (Å²) in [5.74, 6) is 3.41. The molecule has 132 valence electrons. The van der Waals surface area contributed by atoms with E-state index in [1.54, 1.807) is 6.20 Å². The zero-order valence-corrected chi connectivity index (χ0v) is 14.7. The van der Waals surface area contributed by atoms with Gasteiger partial charge >= 0.3 is 0 Å². The van der Waals surface area contributed by atoms with E-state index in [4.69, 9.17) is 14.8 Å². The molecule has 1 aliphatic heterocycles. The normalized spacial score (nSPS) is 23.1. The molecule has 0 bridgehead atoms. The predicted octanol–water partition coefficient (Wildman–Crippen LogP) is 3.83. The molecule has 2 aliphatic rings. The number of rotatable bonds is 4. The fraction of sp³-hybridized carbons (Fsp3) is 0.381. The highest BCUT2D eigenvalue weighted by Crippen LogP contribution is 2.54. The minimum Gasteiger partial charge on any atom is -0.381 e. The Morgan fingerprint density at radius 3 is 2.58 bits per heavy atom. The first-order valence-corrected chi connectivity index (χ1v) is 9.40. The minimum atomic E-state index is 0.398. The van der Waals surface area contributed by atoms with Crippen molar-refractivity contribution in [2.24, 2.45) is 0 Å². The number of ether oxygens (including phenoxy) is 1. The molecule has 5 heteroatoms. The first-order valence-electron chi connectivity index (χ1n) is 9.40. The van der Waals surface area contributed by atoms with Gasteiger partial charge in [0.1, 0.15) is 5.82 Å². The highest BCUT2D eigenvalue weighted by atomic mass is 16.5. The van der Waals surface area contributed by atoms with Crippen LogP contribution in [0.15, 0.2) is 54.9 Å². The van der Waals surface area contributed by atoms with Crippen molar-refractivity contribution in [3.8, 4) is 5.69 Å². The first kappa shape index (κ1) is 15.7. The second-order valence-corrected chi connectivity index (χ2v) is 7.20. The van der Waals surface area contributed by atoms with Crippen molar-refractivity contribution in [1.82, 2.24) is 19.7 Å². The van der Waals surface area contributed by atoms with Crippen LogP contribution >= 0.6 is 0 Å². The summed E-state index contributed by atoms with van der Waals surface area (Å²) >= 11 is 0. The van der Waals surface area contributed by atoms with E-state index in [-0.39, 0.29) is 0 Å². The van der Waals surface area contributed by atoms with Crippen molar-refractivity contribution < 1.29 is 4.74 Å². The molecule has 1 aromatic carbocycles. The van der Waals surface area contributed by atoms with Crippen LogP contribution in [0.1, 0.15) is 54.2 Å². The third kappa shape index (κ3) is 2.92. The zero-order chi connectivity index (χ0) is 17.3. The number of pyridine rings is 1. The van der Waals surface area contributed by atoms with Gasteiger partial charge in [-0.05, 0) is 42.9 Å². The molecule has 3 aromatic rings. The summed E-state index contributed by atoms with van der Waals surface area (Å²) in [5.41, 5.74) is 2.39. The van der Waals surface area contributed by atoms with Gasteiger partial charge in [0.2, 0.25) is 0 Å². The van der Waals surface area contributed by atoms with Crippen molar-refractivity contribution in [3.63, 3.8) is 0 Å². The summed E-state index contributed by atoms with van der Waals surface area (Å²) in [4.78, 5) is 9.29. The number of nitrogens with zero attached hydrogens (tertiary/aromatic N) is 4. The van der Waals surface area contributed by atoms with E-state index in [1.165, 1.54) is 5.56 Å². The Bertz CT molecular complexity index is 872. The molecular formula is C21H22N4O. The van der Waals surface area contributed by atoms with Crippen molar-refractivity contribution in [3.05, 3.63) is 72.1 Å². The fourth-order valence-corrected chi connectivity index (χ4v) is 3.93. The maximum Gasteiger partial charge on any atom is 0.154 e. The van der Waals surface area contributed by atoms with Gasteiger partial charge in [0.15, 0.2) is 5.82 Å². The van der Waals surface area contributed by atoms with Crippen LogP contribution in [0, 0.1) is 0 Å². The Kier molecular flexibility index (Phi) is 4.02. The van der Waals surface area contributed by atoms with E-state index >= 15 is 0 Å². The molecule has 1 saturated heterocycles. The summed E-state index contributed by atoms with van der Waals surface area (Å²) in [7, 11) is 0. The maximum atomic E-state index is 5.51. The molecule has 1 aliphatic carbocycles. The third-order valence-electron chi connectivity index (χ3n) is 5.48. The van der Waals surface area contributed by atoms with Crippen molar-refractivity contribution in [1.29, 1.82) is 0 Å². The van der Waals surface area contributed by atoms with E-state index in [0.29, 0.717) is 17.8 Å². The van der Waals surface area contributed by atoms with Gasteiger partial charge in [-0.1, -0.05) is 30.3 Å². The van der Waals surface area contributed by atoms with Crippen LogP contribution in [0.3, 0.4) is 0 Å². The molecule has 26 heavy (non-hydrogen) atoms. The molecule has 5 nitrogen and oxygen atoms in total. The molecule has 0 N–H and O–H groups in total. The summed E-state index contributed by atoms with van der Waals surface area (Å²) < 4.78 is 7.52.